The van der Waals surface area contributed by atoms with Crippen molar-refractivity contribution in [1.29, 1.82) is 0 Å². The first-order valence-electron chi connectivity index (χ1n) is 5.28. The zero-order valence-electron chi connectivity index (χ0n) is 9.90. The molecule has 0 bridgehead atoms. The fourth-order valence-electron chi connectivity index (χ4n) is 2.08. The largest absolute Gasteiger partial charge is 0.381 e. The van der Waals surface area contributed by atoms with Crippen molar-refractivity contribution in [2.24, 2.45) is 5.84 Å². The molecule has 2 unspecified atom stereocenters. The summed E-state index contributed by atoms with van der Waals surface area (Å²) < 4.78 is 0. The first kappa shape index (κ1) is 12.4. The molecule has 0 radical (unpaired) electrons. The van der Waals surface area contributed by atoms with Crippen LogP contribution in [0.3, 0.4) is 0 Å². The van der Waals surface area contributed by atoms with Crippen LogP contribution in [0.25, 0.3) is 0 Å². The van der Waals surface area contributed by atoms with Crippen LogP contribution < -0.4 is 5.84 Å². The maximum atomic E-state index is 12.0. The van der Waals surface area contributed by atoms with Gasteiger partial charge in [0.1, 0.15) is 5.60 Å². The topological polar surface area (TPSA) is 69.8 Å². The Kier molecular flexibility index (Phi) is 3.38. The molecule has 1 rings (SSSR count). The molecule has 0 aliphatic carbocycles. The Morgan fingerprint density at radius 3 is 2.07 bits per heavy atom. The van der Waals surface area contributed by atoms with Crippen LogP contribution in [0.1, 0.15) is 27.7 Å². The van der Waals surface area contributed by atoms with E-state index in [1.165, 1.54) is 13.8 Å². The number of amides is 1. The van der Waals surface area contributed by atoms with Crippen molar-refractivity contribution in [2.45, 2.75) is 45.4 Å². The molecule has 0 aromatic heterocycles. The molecular weight excluding hydrogens is 194 g/mol. The van der Waals surface area contributed by atoms with Gasteiger partial charge in [-0.3, -0.25) is 10.6 Å². The first-order chi connectivity index (χ1) is 6.73. The maximum Gasteiger partial charge on any atom is 0.254 e. The van der Waals surface area contributed by atoms with Gasteiger partial charge in [0.05, 0.1) is 0 Å². The van der Waals surface area contributed by atoms with Gasteiger partial charge in [0, 0.05) is 25.2 Å². The van der Waals surface area contributed by atoms with Crippen LogP contribution in [0, 0.1) is 0 Å². The van der Waals surface area contributed by atoms with Gasteiger partial charge < -0.3 is 10.0 Å². The normalized spacial score (nSPS) is 29.3. The average molecular weight is 215 g/mol. The molecule has 1 aliphatic heterocycles. The predicted octanol–water partition coefficient (Wildman–Crippen LogP) is -0.448. The van der Waals surface area contributed by atoms with E-state index in [9.17, 15) is 9.90 Å². The van der Waals surface area contributed by atoms with Gasteiger partial charge in [-0.15, -0.1) is 0 Å². The third-order valence-corrected chi connectivity index (χ3v) is 2.71. The molecule has 1 aliphatic rings. The number of carbonyl (C=O) groups is 1. The Morgan fingerprint density at radius 2 is 1.73 bits per heavy atom. The highest BCUT2D eigenvalue weighted by molar-refractivity contribution is 5.84. The Labute approximate surface area is 90.8 Å². The molecule has 1 heterocycles. The average Bonchev–Trinajstić information content (AvgIpc) is 1.99. The standard InChI is InChI=1S/C10H21N3O2/c1-7-5-12(11)6-8(2)13(7)9(14)10(3,4)15/h7-8,15H,5-6,11H2,1-4H3. The van der Waals surface area contributed by atoms with E-state index in [0.717, 1.165) is 0 Å². The minimum Gasteiger partial charge on any atom is -0.381 e. The fraction of sp³-hybridized carbons (Fsp3) is 0.900. The minimum absolute atomic E-state index is 0.0395. The van der Waals surface area contributed by atoms with E-state index in [1.54, 1.807) is 9.91 Å². The molecule has 0 aromatic rings. The van der Waals surface area contributed by atoms with Gasteiger partial charge >= 0.3 is 0 Å². The highest BCUT2D eigenvalue weighted by Gasteiger charge is 2.38. The third kappa shape index (κ3) is 2.68. The van der Waals surface area contributed by atoms with E-state index in [2.05, 4.69) is 0 Å². The van der Waals surface area contributed by atoms with Crippen LogP contribution >= 0.6 is 0 Å². The molecular formula is C10H21N3O2. The lowest BCUT2D eigenvalue weighted by molar-refractivity contribution is -0.156. The summed E-state index contributed by atoms with van der Waals surface area (Å²) in [6.45, 7) is 8.21. The SMILES string of the molecule is CC1CN(N)CC(C)N1C(=O)C(C)(C)O. The highest BCUT2D eigenvalue weighted by Crippen LogP contribution is 2.18. The quantitative estimate of drug-likeness (QED) is 0.581. The summed E-state index contributed by atoms with van der Waals surface area (Å²) in [5.74, 6) is 5.49. The fourth-order valence-corrected chi connectivity index (χ4v) is 2.08. The first-order valence-corrected chi connectivity index (χ1v) is 5.28. The molecule has 0 spiro atoms. The van der Waals surface area contributed by atoms with E-state index in [-0.39, 0.29) is 18.0 Å². The van der Waals surface area contributed by atoms with E-state index in [0.29, 0.717) is 13.1 Å². The summed E-state index contributed by atoms with van der Waals surface area (Å²) in [6, 6.07) is 0.0790. The molecule has 1 fully saturated rings. The smallest absolute Gasteiger partial charge is 0.254 e. The second kappa shape index (κ2) is 4.08. The number of hydrogen-bond acceptors (Lipinski definition) is 4. The van der Waals surface area contributed by atoms with Crippen molar-refractivity contribution in [2.75, 3.05) is 13.1 Å². The summed E-state index contributed by atoms with van der Waals surface area (Å²) in [7, 11) is 0. The summed E-state index contributed by atoms with van der Waals surface area (Å²) in [6.07, 6.45) is 0. The number of nitrogens with zero attached hydrogens (tertiary/aromatic N) is 2. The Bertz CT molecular complexity index is 238. The predicted molar refractivity (Wildman–Crippen MR) is 57.8 cm³/mol. The number of hydrazine groups is 1. The van der Waals surface area contributed by atoms with Crippen LogP contribution in [-0.4, -0.2) is 51.7 Å². The number of nitrogens with two attached hydrogens (primary N) is 1. The Hall–Kier alpha value is -0.650. The Morgan fingerprint density at radius 1 is 1.33 bits per heavy atom. The van der Waals surface area contributed by atoms with Crippen LogP contribution in [-0.2, 0) is 4.79 Å². The molecule has 1 amide bonds. The maximum absolute atomic E-state index is 12.0. The minimum atomic E-state index is -1.31. The highest BCUT2D eigenvalue weighted by atomic mass is 16.3. The third-order valence-electron chi connectivity index (χ3n) is 2.71. The van der Waals surface area contributed by atoms with Crippen LogP contribution in [0.15, 0.2) is 0 Å². The van der Waals surface area contributed by atoms with Crippen LogP contribution in [0.4, 0.5) is 0 Å². The lowest BCUT2D eigenvalue weighted by atomic mass is 10.0. The molecule has 1 saturated heterocycles. The summed E-state index contributed by atoms with van der Waals surface area (Å²) in [5, 5.41) is 11.4. The van der Waals surface area contributed by atoms with Crippen molar-refractivity contribution < 1.29 is 9.90 Å². The molecule has 2 atom stereocenters. The van der Waals surface area contributed by atoms with Gasteiger partial charge in [-0.2, -0.15) is 0 Å². The van der Waals surface area contributed by atoms with Gasteiger partial charge in [0.15, 0.2) is 0 Å². The number of aliphatic hydroxyl groups is 1. The molecule has 0 aromatic carbocycles. The van der Waals surface area contributed by atoms with Crippen molar-refractivity contribution in [1.82, 2.24) is 9.91 Å². The summed E-state index contributed by atoms with van der Waals surface area (Å²) in [4.78, 5) is 13.7. The van der Waals surface area contributed by atoms with Gasteiger partial charge in [0.2, 0.25) is 0 Å². The second-order valence-electron chi connectivity index (χ2n) is 4.92. The van der Waals surface area contributed by atoms with Gasteiger partial charge in [-0.25, -0.2) is 5.01 Å². The molecule has 0 saturated carbocycles. The molecule has 3 N–H and O–H groups in total. The van der Waals surface area contributed by atoms with Gasteiger partial charge in [-0.05, 0) is 27.7 Å². The number of rotatable bonds is 1. The van der Waals surface area contributed by atoms with Crippen molar-refractivity contribution in [3.63, 3.8) is 0 Å². The molecule has 5 nitrogen and oxygen atoms in total. The number of carbonyl (C=O) groups excluding carboxylic acids is 1. The number of hydrogen-bond donors (Lipinski definition) is 2. The lowest BCUT2D eigenvalue weighted by Crippen LogP contribution is -2.63. The van der Waals surface area contributed by atoms with E-state index in [1.807, 2.05) is 13.8 Å². The van der Waals surface area contributed by atoms with Crippen molar-refractivity contribution in [3.8, 4) is 0 Å². The van der Waals surface area contributed by atoms with Crippen LogP contribution in [0.5, 0.6) is 0 Å². The number of piperazine rings is 1. The van der Waals surface area contributed by atoms with Crippen LogP contribution in [0.2, 0.25) is 0 Å². The summed E-state index contributed by atoms with van der Waals surface area (Å²) >= 11 is 0. The lowest BCUT2D eigenvalue weighted by Gasteiger charge is -2.44. The van der Waals surface area contributed by atoms with Crippen molar-refractivity contribution in [3.05, 3.63) is 0 Å². The monoisotopic (exact) mass is 215 g/mol. The second-order valence-corrected chi connectivity index (χ2v) is 4.92. The summed E-state index contributed by atoms with van der Waals surface area (Å²) in [5.41, 5.74) is -1.31. The van der Waals surface area contributed by atoms with Crippen molar-refractivity contribution >= 4 is 5.91 Å². The van der Waals surface area contributed by atoms with E-state index < -0.39 is 5.60 Å². The van der Waals surface area contributed by atoms with Gasteiger partial charge in [0.25, 0.3) is 5.91 Å². The Balaban J connectivity index is 2.80. The van der Waals surface area contributed by atoms with Gasteiger partial charge in [-0.1, -0.05) is 0 Å². The zero-order valence-corrected chi connectivity index (χ0v) is 9.90. The molecule has 5 heteroatoms. The van der Waals surface area contributed by atoms with E-state index in [4.69, 9.17) is 5.84 Å². The molecule has 15 heavy (non-hydrogen) atoms. The van der Waals surface area contributed by atoms with E-state index >= 15 is 0 Å². The zero-order chi connectivity index (χ0) is 11.8. The molecule has 88 valence electrons.